The molecule has 4 rings (SSSR count). The highest BCUT2D eigenvalue weighted by Crippen LogP contribution is 2.26. The predicted octanol–water partition coefficient (Wildman–Crippen LogP) is 4.44. The highest BCUT2D eigenvalue weighted by Gasteiger charge is 2.25. The average molecular weight is 440 g/mol. The van der Waals surface area contributed by atoms with Crippen LogP contribution >= 0.6 is 0 Å². The van der Waals surface area contributed by atoms with Crippen molar-refractivity contribution in [2.24, 2.45) is 0 Å². The van der Waals surface area contributed by atoms with Crippen molar-refractivity contribution in [3.05, 3.63) is 59.2 Å². The first kappa shape index (κ1) is 21.9. The van der Waals surface area contributed by atoms with E-state index in [1.807, 2.05) is 43.3 Å². The van der Waals surface area contributed by atoms with Gasteiger partial charge in [-0.3, -0.25) is 4.79 Å². The Morgan fingerprint density at radius 3 is 2.38 bits per heavy atom. The lowest BCUT2D eigenvalue weighted by atomic mass is 9.91. The van der Waals surface area contributed by atoms with Crippen molar-refractivity contribution >= 4 is 28.6 Å². The number of amides is 1. The normalized spacial score (nSPS) is 18.4. The predicted molar refractivity (Wildman–Crippen MR) is 122 cm³/mol. The highest BCUT2D eigenvalue weighted by atomic mass is 19.2. The molecule has 1 aromatic heterocycles. The maximum absolute atomic E-state index is 14.1. The van der Waals surface area contributed by atoms with E-state index in [1.165, 1.54) is 19.1 Å². The summed E-state index contributed by atoms with van der Waals surface area (Å²) in [6, 6.07) is 10.7. The minimum atomic E-state index is -1.09. The second kappa shape index (κ2) is 9.06. The van der Waals surface area contributed by atoms with Crippen LogP contribution in [0.4, 0.5) is 20.5 Å². The number of halogens is 2. The molecule has 168 valence electrons. The smallest absolute Gasteiger partial charge is 0.254 e. The van der Waals surface area contributed by atoms with E-state index in [9.17, 15) is 13.6 Å². The molecule has 32 heavy (non-hydrogen) atoms. The van der Waals surface area contributed by atoms with Gasteiger partial charge in [-0.05, 0) is 56.4 Å². The second-order valence-corrected chi connectivity index (χ2v) is 8.51. The molecule has 1 amide bonds. The molecule has 0 saturated heterocycles. The van der Waals surface area contributed by atoms with Crippen LogP contribution in [-0.4, -0.2) is 42.1 Å². The molecule has 3 aromatic rings. The van der Waals surface area contributed by atoms with Crippen LogP contribution in [0.1, 0.15) is 41.6 Å². The topological polar surface area (TPSA) is 70.2 Å². The molecule has 2 N–H and O–H groups in total. The summed E-state index contributed by atoms with van der Waals surface area (Å²) in [5.41, 5.74) is 0.801. The number of fused-ring (bicyclic) bond motifs is 1. The molecule has 8 heteroatoms. The molecule has 0 spiro atoms. The fourth-order valence-electron chi connectivity index (χ4n) is 4.11. The van der Waals surface area contributed by atoms with Crippen LogP contribution in [-0.2, 0) is 0 Å². The summed E-state index contributed by atoms with van der Waals surface area (Å²) in [6.45, 7) is 1.47. The third-order valence-electron chi connectivity index (χ3n) is 5.92. The van der Waals surface area contributed by atoms with Gasteiger partial charge in [-0.2, -0.15) is 4.98 Å². The van der Waals surface area contributed by atoms with Crippen molar-refractivity contribution in [2.45, 2.75) is 44.7 Å². The van der Waals surface area contributed by atoms with Gasteiger partial charge < -0.3 is 15.5 Å². The zero-order valence-electron chi connectivity index (χ0n) is 18.5. The van der Waals surface area contributed by atoms with E-state index >= 15 is 0 Å². The highest BCUT2D eigenvalue weighted by molar-refractivity contribution is 5.94. The number of carbonyl (C=O) groups is 1. The molecule has 1 aliphatic carbocycles. The number of aryl methyl sites for hydroxylation is 1. The zero-order valence-corrected chi connectivity index (χ0v) is 18.5. The largest absolute Gasteiger partial charge is 0.362 e. The Kier molecular flexibility index (Phi) is 6.21. The Morgan fingerprint density at radius 1 is 0.969 bits per heavy atom. The number of hydrogen-bond donors (Lipinski definition) is 2. The van der Waals surface area contributed by atoms with Gasteiger partial charge in [0.1, 0.15) is 5.82 Å². The van der Waals surface area contributed by atoms with Crippen molar-refractivity contribution in [1.29, 1.82) is 0 Å². The quantitative estimate of drug-likeness (QED) is 0.615. The van der Waals surface area contributed by atoms with Crippen molar-refractivity contribution in [1.82, 2.24) is 15.3 Å². The number of nitrogens with one attached hydrogen (secondary N) is 2. The Morgan fingerprint density at radius 2 is 1.66 bits per heavy atom. The van der Waals surface area contributed by atoms with Gasteiger partial charge in [0.05, 0.1) is 11.1 Å². The molecule has 1 heterocycles. The molecule has 0 unspecified atom stereocenters. The summed E-state index contributed by atoms with van der Waals surface area (Å²) in [5.74, 6) is -1.21. The molecular formula is C24H27F2N5O. The van der Waals surface area contributed by atoms with E-state index in [2.05, 4.69) is 20.6 Å². The van der Waals surface area contributed by atoms with Gasteiger partial charge in [-0.25, -0.2) is 13.8 Å². The first-order chi connectivity index (χ1) is 15.3. The number of para-hydroxylation sites is 1. The van der Waals surface area contributed by atoms with E-state index in [0.29, 0.717) is 5.95 Å². The molecule has 0 radical (unpaired) electrons. The van der Waals surface area contributed by atoms with E-state index < -0.39 is 17.5 Å². The standard InChI is InChI=1S/C24H27F2N5O/c1-14-8-13-18(21(26)20(14)25)23(32)27-15-9-11-16(12-10-15)28-24-29-19-7-5-4-6-17(19)22(30-24)31(2)3/h4-8,13,15-16H,9-12H2,1-3H3,(H,27,32)(H,28,29,30). The van der Waals surface area contributed by atoms with Gasteiger partial charge in [0.2, 0.25) is 5.95 Å². The molecule has 0 aliphatic heterocycles. The number of rotatable bonds is 5. The summed E-state index contributed by atoms with van der Waals surface area (Å²) < 4.78 is 27.9. The molecule has 1 fully saturated rings. The van der Waals surface area contributed by atoms with Gasteiger partial charge in [0.25, 0.3) is 5.91 Å². The number of hydrogen-bond acceptors (Lipinski definition) is 5. The number of benzene rings is 2. The van der Waals surface area contributed by atoms with E-state index in [1.54, 1.807) is 0 Å². The molecular weight excluding hydrogens is 412 g/mol. The van der Waals surface area contributed by atoms with Crippen LogP contribution in [0.5, 0.6) is 0 Å². The number of aromatic nitrogens is 2. The lowest BCUT2D eigenvalue weighted by Gasteiger charge is -2.30. The molecule has 0 bridgehead atoms. The molecule has 0 atom stereocenters. The van der Waals surface area contributed by atoms with E-state index in [4.69, 9.17) is 0 Å². The fraction of sp³-hybridized carbons (Fsp3) is 0.375. The molecule has 2 aromatic carbocycles. The second-order valence-electron chi connectivity index (χ2n) is 8.51. The van der Waals surface area contributed by atoms with Gasteiger partial charge in [-0.1, -0.05) is 18.2 Å². The van der Waals surface area contributed by atoms with Crippen LogP contribution < -0.4 is 15.5 Å². The van der Waals surface area contributed by atoms with Crippen LogP contribution in [0.25, 0.3) is 10.9 Å². The van der Waals surface area contributed by atoms with Crippen molar-refractivity contribution < 1.29 is 13.6 Å². The summed E-state index contributed by atoms with van der Waals surface area (Å²) in [5, 5.41) is 7.26. The zero-order chi connectivity index (χ0) is 22.8. The van der Waals surface area contributed by atoms with Gasteiger partial charge in [0.15, 0.2) is 11.6 Å². The van der Waals surface area contributed by atoms with Crippen LogP contribution in [0.3, 0.4) is 0 Å². The maximum Gasteiger partial charge on any atom is 0.254 e. The van der Waals surface area contributed by atoms with Crippen molar-refractivity contribution in [3.8, 4) is 0 Å². The Labute approximate surface area is 186 Å². The number of anilines is 2. The summed E-state index contributed by atoms with van der Waals surface area (Å²) in [4.78, 5) is 23.7. The van der Waals surface area contributed by atoms with E-state index in [-0.39, 0.29) is 23.2 Å². The summed E-state index contributed by atoms with van der Waals surface area (Å²) in [6.07, 6.45) is 3.08. The lowest BCUT2D eigenvalue weighted by molar-refractivity contribution is 0.0921. The Balaban J connectivity index is 1.38. The molecule has 1 saturated carbocycles. The minimum absolute atomic E-state index is 0.0841. The lowest BCUT2D eigenvalue weighted by Crippen LogP contribution is -2.40. The first-order valence-corrected chi connectivity index (χ1v) is 10.8. The van der Waals surface area contributed by atoms with Gasteiger partial charge in [0, 0.05) is 31.6 Å². The Bertz CT molecular complexity index is 1140. The monoisotopic (exact) mass is 439 g/mol. The van der Waals surface area contributed by atoms with Crippen molar-refractivity contribution in [3.63, 3.8) is 0 Å². The molecule has 1 aliphatic rings. The summed E-state index contributed by atoms with van der Waals surface area (Å²) in [7, 11) is 3.91. The third-order valence-corrected chi connectivity index (χ3v) is 5.92. The summed E-state index contributed by atoms with van der Waals surface area (Å²) >= 11 is 0. The minimum Gasteiger partial charge on any atom is -0.362 e. The van der Waals surface area contributed by atoms with Gasteiger partial charge in [-0.15, -0.1) is 0 Å². The fourth-order valence-corrected chi connectivity index (χ4v) is 4.11. The van der Waals surface area contributed by atoms with Gasteiger partial charge >= 0.3 is 0 Å². The number of carbonyl (C=O) groups excluding carboxylic acids is 1. The Hall–Kier alpha value is -3.29. The SMILES string of the molecule is Cc1ccc(C(=O)NC2CCC(Nc3nc(N(C)C)c4ccccc4n3)CC2)c(F)c1F. The van der Waals surface area contributed by atoms with Crippen LogP contribution in [0.2, 0.25) is 0 Å². The third kappa shape index (κ3) is 4.49. The molecule has 6 nitrogen and oxygen atoms in total. The maximum atomic E-state index is 14.1. The van der Waals surface area contributed by atoms with Crippen LogP contribution in [0.15, 0.2) is 36.4 Å². The van der Waals surface area contributed by atoms with E-state index in [0.717, 1.165) is 42.4 Å². The average Bonchev–Trinajstić information content (AvgIpc) is 2.78. The number of nitrogens with zero attached hydrogens (tertiary/aromatic N) is 3. The van der Waals surface area contributed by atoms with Crippen molar-refractivity contribution in [2.75, 3.05) is 24.3 Å². The first-order valence-electron chi connectivity index (χ1n) is 10.8. The van der Waals surface area contributed by atoms with Crippen LogP contribution in [0, 0.1) is 18.6 Å².